The van der Waals surface area contributed by atoms with Crippen molar-refractivity contribution in [3.8, 4) is 12.3 Å². The molecule has 2 aromatic rings. The smallest absolute Gasteiger partial charge is 0.312 e. The van der Waals surface area contributed by atoms with Gasteiger partial charge in [-0.1, -0.05) is 5.92 Å². The van der Waals surface area contributed by atoms with E-state index in [1.165, 1.54) is 0 Å². The molecule has 0 saturated carbocycles. The van der Waals surface area contributed by atoms with E-state index >= 15 is 0 Å². The fraction of sp³-hybridized carbons (Fsp3) is 0.176. The SMILES string of the molecule is C#Cc1ccc(C(=O)c2c(Br)cc3n2CCC3C(=O)O)cc1. The van der Waals surface area contributed by atoms with Crippen LogP contribution in [0.4, 0.5) is 0 Å². The number of terminal acetylenes is 1. The van der Waals surface area contributed by atoms with Crippen molar-refractivity contribution < 1.29 is 14.7 Å². The molecule has 1 atom stereocenters. The molecule has 5 heteroatoms. The van der Waals surface area contributed by atoms with Gasteiger partial charge in [0, 0.05) is 27.8 Å². The summed E-state index contributed by atoms with van der Waals surface area (Å²) in [5.41, 5.74) is 2.40. The predicted octanol–water partition coefficient (Wildman–Crippen LogP) is 3.03. The molecule has 0 aliphatic carbocycles. The summed E-state index contributed by atoms with van der Waals surface area (Å²) >= 11 is 3.38. The Balaban J connectivity index is 2.02. The number of carboxylic acids is 1. The second-order valence-corrected chi connectivity index (χ2v) is 6.00. The third-order valence-electron chi connectivity index (χ3n) is 3.91. The van der Waals surface area contributed by atoms with E-state index in [0.717, 1.165) is 0 Å². The van der Waals surface area contributed by atoms with Crippen LogP contribution in [-0.4, -0.2) is 21.4 Å². The van der Waals surface area contributed by atoms with Gasteiger partial charge >= 0.3 is 5.97 Å². The van der Waals surface area contributed by atoms with E-state index in [1.54, 1.807) is 34.9 Å². The van der Waals surface area contributed by atoms with Crippen LogP contribution in [0.15, 0.2) is 34.8 Å². The molecule has 0 saturated heterocycles. The number of aromatic nitrogens is 1. The van der Waals surface area contributed by atoms with Gasteiger partial charge in [0.1, 0.15) is 5.69 Å². The minimum atomic E-state index is -0.860. The van der Waals surface area contributed by atoms with Gasteiger partial charge < -0.3 is 9.67 Å². The summed E-state index contributed by atoms with van der Waals surface area (Å²) in [5.74, 6) is 0.948. The van der Waals surface area contributed by atoms with E-state index in [0.29, 0.717) is 40.0 Å². The lowest BCUT2D eigenvalue weighted by Crippen LogP contribution is -2.10. The van der Waals surface area contributed by atoms with Crippen LogP contribution in [0.5, 0.6) is 0 Å². The highest BCUT2D eigenvalue weighted by Gasteiger charge is 2.33. The zero-order valence-corrected chi connectivity index (χ0v) is 13.1. The lowest BCUT2D eigenvalue weighted by molar-refractivity contribution is -0.138. The number of hydrogen-bond acceptors (Lipinski definition) is 2. The summed E-state index contributed by atoms with van der Waals surface area (Å²) < 4.78 is 2.42. The van der Waals surface area contributed by atoms with Gasteiger partial charge in [0.15, 0.2) is 0 Å². The van der Waals surface area contributed by atoms with Gasteiger partial charge in [0.2, 0.25) is 5.78 Å². The number of nitrogens with zero attached hydrogens (tertiary/aromatic N) is 1. The molecule has 1 aliphatic heterocycles. The molecular formula is C17H12BrNO3. The van der Waals surface area contributed by atoms with Crippen LogP contribution in [0, 0.1) is 12.3 Å². The molecule has 1 unspecified atom stereocenters. The third-order valence-corrected chi connectivity index (χ3v) is 4.51. The molecule has 0 bridgehead atoms. The van der Waals surface area contributed by atoms with Gasteiger partial charge in [-0.15, -0.1) is 6.42 Å². The van der Waals surface area contributed by atoms with Crippen LogP contribution in [0.1, 0.15) is 39.6 Å². The van der Waals surface area contributed by atoms with E-state index in [2.05, 4.69) is 21.9 Å². The van der Waals surface area contributed by atoms with Gasteiger partial charge in [-0.3, -0.25) is 9.59 Å². The van der Waals surface area contributed by atoms with Crippen LogP contribution in [-0.2, 0) is 11.3 Å². The van der Waals surface area contributed by atoms with Crippen LogP contribution in [0.25, 0.3) is 0 Å². The molecule has 2 heterocycles. The number of carbonyl (C=O) groups excluding carboxylic acids is 1. The van der Waals surface area contributed by atoms with Gasteiger partial charge in [-0.2, -0.15) is 0 Å². The zero-order chi connectivity index (χ0) is 15.9. The number of ketones is 1. The number of fused-ring (bicyclic) bond motifs is 1. The van der Waals surface area contributed by atoms with E-state index in [9.17, 15) is 14.7 Å². The molecule has 0 amide bonds. The van der Waals surface area contributed by atoms with Crippen molar-refractivity contribution in [2.45, 2.75) is 18.9 Å². The second kappa shape index (κ2) is 5.47. The molecule has 3 rings (SSSR count). The molecule has 1 N–H and O–H groups in total. The summed E-state index contributed by atoms with van der Waals surface area (Å²) in [5, 5.41) is 9.24. The Bertz CT molecular complexity index is 812. The topological polar surface area (TPSA) is 59.3 Å². The Morgan fingerprint density at radius 3 is 2.59 bits per heavy atom. The van der Waals surface area contributed by atoms with E-state index in [1.807, 2.05) is 0 Å². The third kappa shape index (κ3) is 2.26. The average molecular weight is 358 g/mol. The van der Waals surface area contributed by atoms with Crippen molar-refractivity contribution in [1.82, 2.24) is 4.57 Å². The minimum Gasteiger partial charge on any atom is -0.481 e. The molecule has 0 fully saturated rings. The Labute approximate surface area is 135 Å². The molecule has 1 aliphatic rings. The standard InChI is InChI=1S/C17H12BrNO3/c1-2-10-3-5-11(6-4-10)16(20)15-13(18)9-14-12(17(21)22)7-8-19(14)15/h1,3-6,9,12H,7-8H2,(H,21,22). The largest absolute Gasteiger partial charge is 0.481 e. The van der Waals surface area contributed by atoms with Crippen molar-refractivity contribution in [3.63, 3.8) is 0 Å². The predicted molar refractivity (Wildman–Crippen MR) is 84.9 cm³/mol. The number of carbonyl (C=O) groups is 2. The Kier molecular flexibility index (Phi) is 3.63. The van der Waals surface area contributed by atoms with Crippen LogP contribution >= 0.6 is 15.9 Å². The molecule has 0 spiro atoms. The first-order valence-electron chi connectivity index (χ1n) is 6.76. The van der Waals surface area contributed by atoms with Gasteiger partial charge in [-0.05, 0) is 52.7 Å². The second-order valence-electron chi connectivity index (χ2n) is 5.15. The van der Waals surface area contributed by atoms with Crippen molar-refractivity contribution in [2.75, 3.05) is 0 Å². The van der Waals surface area contributed by atoms with Crippen molar-refractivity contribution in [1.29, 1.82) is 0 Å². The number of hydrogen-bond donors (Lipinski definition) is 1. The molecule has 1 aromatic carbocycles. The number of carboxylic acid groups (broad SMARTS) is 1. The van der Waals surface area contributed by atoms with Gasteiger partial charge in [0.25, 0.3) is 0 Å². The summed E-state index contributed by atoms with van der Waals surface area (Å²) in [6.07, 6.45) is 5.82. The highest BCUT2D eigenvalue weighted by atomic mass is 79.9. The lowest BCUT2D eigenvalue weighted by atomic mass is 10.0. The fourth-order valence-electron chi connectivity index (χ4n) is 2.81. The quantitative estimate of drug-likeness (QED) is 0.678. The van der Waals surface area contributed by atoms with Crippen molar-refractivity contribution in [2.24, 2.45) is 0 Å². The highest BCUT2D eigenvalue weighted by Crippen LogP contribution is 2.36. The van der Waals surface area contributed by atoms with E-state index in [-0.39, 0.29) is 5.78 Å². The monoisotopic (exact) mass is 357 g/mol. The molecule has 4 nitrogen and oxygen atoms in total. The Morgan fingerprint density at radius 2 is 2.00 bits per heavy atom. The molecule has 0 radical (unpaired) electrons. The Morgan fingerprint density at radius 1 is 1.32 bits per heavy atom. The summed E-state index contributed by atoms with van der Waals surface area (Å²) in [6.45, 7) is 0.529. The normalized spacial score (nSPS) is 16.1. The van der Waals surface area contributed by atoms with Crippen LogP contribution < -0.4 is 0 Å². The number of benzene rings is 1. The van der Waals surface area contributed by atoms with E-state index in [4.69, 9.17) is 6.42 Å². The number of halogens is 1. The van der Waals surface area contributed by atoms with Crippen molar-refractivity contribution in [3.05, 3.63) is 57.3 Å². The first kappa shape index (κ1) is 14.6. The van der Waals surface area contributed by atoms with Crippen LogP contribution in [0.3, 0.4) is 0 Å². The van der Waals surface area contributed by atoms with Crippen molar-refractivity contribution >= 4 is 27.7 Å². The summed E-state index contributed by atoms with van der Waals surface area (Å²) in [4.78, 5) is 24.0. The zero-order valence-electron chi connectivity index (χ0n) is 11.5. The number of rotatable bonds is 3. The van der Waals surface area contributed by atoms with Crippen LogP contribution in [0.2, 0.25) is 0 Å². The lowest BCUT2D eigenvalue weighted by Gasteiger charge is -2.06. The maximum Gasteiger partial charge on any atom is 0.312 e. The fourth-order valence-corrected chi connectivity index (χ4v) is 3.43. The summed E-state index contributed by atoms with van der Waals surface area (Å²) in [6, 6.07) is 8.54. The number of aliphatic carboxylic acids is 1. The Hall–Kier alpha value is -2.32. The summed E-state index contributed by atoms with van der Waals surface area (Å²) in [7, 11) is 0. The van der Waals surface area contributed by atoms with Gasteiger partial charge in [-0.25, -0.2) is 0 Å². The van der Waals surface area contributed by atoms with Gasteiger partial charge in [0.05, 0.1) is 5.92 Å². The molecule has 1 aromatic heterocycles. The maximum atomic E-state index is 12.7. The highest BCUT2D eigenvalue weighted by molar-refractivity contribution is 9.10. The molecule has 22 heavy (non-hydrogen) atoms. The average Bonchev–Trinajstić information content (AvgIpc) is 3.04. The molecular weight excluding hydrogens is 346 g/mol. The molecule has 110 valence electrons. The first-order chi connectivity index (χ1) is 10.5. The first-order valence-corrected chi connectivity index (χ1v) is 7.55. The minimum absolute atomic E-state index is 0.146. The maximum absolute atomic E-state index is 12.7. The van der Waals surface area contributed by atoms with E-state index < -0.39 is 11.9 Å².